The number of hydrogen-bond acceptors (Lipinski definition) is 2. The minimum absolute atomic E-state index is 0.453. The van der Waals surface area contributed by atoms with Gasteiger partial charge in [0.1, 0.15) is 5.15 Å². The lowest BCUT2D eigenvalue weighted by molar-refractivity contribution is 0.458. The highest BCUT2D eigenvalue weighted by Gasteiger charge is 2.16. The number of hydrogen-bond donors (Lipinski definition) is 1. The number of rotatable bonds is 4. The molecule has 0 radical (unpaired) electrons. The van der Waals surface area contributed by atoms with Gasteiger partial charge in [0.25, 0.3) is 0 Å². The summed E-state index contributed by atoms with van der Waals surface area (Å²) in [6, 6.07) is 0. The average molecular weight is 242 g/mol. The van der Waals surface area contributed by atoms with Gasteiger partial charge in [0, 0.05) is 12.1 Å². The van der Waals surface area contributed by atoms with Crippen LogP contribution in [-0.4, -0.2) is 22.9 Å². The van der Waals surface area contributed by atoms with E-state index >= 15 is 0 Å². The van der Waals surface area contributed by atoms with Gasteiger partial charge in [-0.25, -0.2) is 0 Å². The molecule has 1 aliphatic heterocycles. The first-order chi connectivity index (χ1) is 7.68. The summed E-state index contributed by atoms with van der Waals surface area (Å²) in [5.41, 5.74) is 1.16. The molecule has 1 fully saturated rings. The van der Waals surface area contributed by atoms with Crippen molar-refractivity contribution < 1.29 is 0 Å². The Morgan fingerprint density at radius 2 is 2.44 bits per heavy atom. The van der Waals surface area contributed by atoms with Gasteiger partial charge in [-0.15, -0.1) is 0 Å². The molecule has 2 heterocycles. The van der Waals surface area contributed by atoms with Gasteiger partial charge in [-0.2, -0.15) is 5.10 Å². The molecule has 0 aliphatic carbocycles. The predicted molar refractivity (Wildman–Crippen MR) is 66.9 cm³/mol. The van der Waals surface area contributed by atoms with E-state index in [0.717, 1.165) is 36.3 Å². The summed E-state index contributed by atoms with van der Waals surface area (Å²) >= 11 is 6.29. The molecule has 1 N–H and O–H groups in total. The first-order valence-electron chi connectivity index (χ1n) is 6.10. The topological polar surface area (TPSA) is 29.9 Å². The first kappa shape index (κ1) is 11.9. The van der Waals surface area contributed by atoms with Crippen molar-refractivity contribution in [3.05, 3.63) is 16.9 Å². The lowest BCUT2D eigenvalue weighted by Gasteiger charge is -2.09. The minimum Gasteiger partial charge on any atom is -0.316 e. The van der Waals surface area contributed by atoms with Crippen LogP contribution in [0, 0.1) is 5.92 Å². The second-order valence-corrected chi connectivity index (χ2v) is 5.27. The molecule has 0 amide bonds. The summed E-state index contributed by atoms with van der Waals surface area (Å²) in [4.78, 5) is 0. The van der Waals surface area contributed by atoms with Crippen LogP contribution in [0.15, 0.2) is 6.20 Å². The van der Waals surface area contributed by atoms with E-state index in [1.165, 1.54) is 12.8 Å². The zero-order valence-corrected chi connectivity index (χ0v) is 10.8. The van der Waals surface area contributed by atoms with E-state index in [1.54, 1.807) is 0 Å². The summed E-state index contributed by atoms with van der Waals surface area (Å²) in [7, 11) is 0. The molecule has 2 rings (SSSR count). The van der Waals surface area contributed by atoms with E-state index in [4.69, 9.17) is 11.6 Å². The van der Waals surface area contributed by atoms with E-state index in [9.17, 15) is 0 Å². The Hall–Kier alpha value is -0.540. The van der Waals surface area contributed by atoms with Crippen LogP contribution < -0.4 is 5.32 Å². The Kier molecular flexibility index (Phi) is 3.87. The largest absolute Gasteiger partial charge is 0.316 e. The summed E-state index contributed by atoms with van der Waals surface area (Å²) in [6.45, 7) is 7.55. The predicted octanol–water partition coefficient (Wildman–Crippen LogP) is 2.66. The second-order valence-electron chi connectivity index (χ2n) is 4.92. The molecule has 1 aromatic rings. The molecule has 0 saturated carbocycles. The third-order valence-electron chi connectivity index (χ3n) is 3.33. The number of aromatic nitrogens is 2. The van der Waals surface area contributed by atoms with Gasteiger partial charge in [0.15, 0.2) is 0 Å². The highest BCUT2D eigenvalue weighted by atomic mass is 35.5. The van der Waals surface area contributed by atoms with Gasteiger partial charge >= 0.3 is 0 Å². The van der Waals surface area contributed by atoms with Gasteiger partial charge < -0.3 is 5.32 Å². The van der Waals surface area contributed by atoms with Crippen LogP contribution in [-0.2, 0) is 6.54 Å². The SMILES string of the molecule is CC(C)c1cnn(CCC2CCNC2)c1Cl. The lowest BCUT2D eigenvalue weighted by Crippen LogP contribution is -2.11. The van der Waals surface area contributed by atoms with Crippen LogP contribution in [0.5, 0.6) is 0 Å². The summed E-state index contributed by atoms with van der Waals surface area (Å²) in [5.74, 6) is 1.25. The van der Waals surface area contributed by atoms with E-state index in [2.05, 4.69) is 24.3 Å². The van der Waals surface area contributed by atoms with Crippen molar-refractivity contribution in [3.63, 3.8) is 0 Å². The summed E-state index contributed by atoms with van der Waals surface area (Å²) in [5, 5.41) is 8.57. The first-order valence-corrected chi connectivity index (χ1v) is 6.48. The average Bonchev–Trinajstić information content (AvgIpc) is 2.84. The Labute approximate surface area is 102 Å². The number of halogens is 1. The summed E-state index contributed by atoms with van der Waals surface area (Å²) in [6.07, 6.45) is 4.36. The Bertz CT molecular complexity index is 340. The van der Waals surface area contributed by atoms with Crippen molar-refractivity contribution in [3.8, 4) is 0 Å². The van der Waals surface area contributed by atoms with Crippen LogP contribution in [0.25, 0.3) is 0 Å². The maximum absolute atomic E-state index is 6.29. The number of nitrogens with one attached hydrogen (secondary N) is 1. The van der Waals surface area contributed by atoms with Crippen molar-refractivity contribution in [2.75, 3.05) is 13.1 Å². The van der Waals surface area contributed by atoms with Crippen molar-refractivity contribution in [1.82, 2.24) is 15.1 Å². The van der Waals surface area contributed by atoms with E-state index in [0.29, 0.717) is 5.92 Å². The van der Waals surface area contributed by atoms with Gasteiger partial charge in [-0.05, 0) is 37.8 Å². The van der Waals surface area contributed by atoms with Gasteiger partial charge in [0.05, 0.1) is 6.20 Å². The molecule has 0 bridgehead atoms. The third kappa shape index (κ3) is 2.58. The van der Waals surface area contributed by atoms with Crippen molar-refractivity contribution in [2.45, 2.75) is 39.2 Å². The molecule has 0 aromatic carbocycles. The van der Waals surface area contributed by atoms with Crippen LogP contribution in [0.2, 0.25) is 5.15 Å². The van der Waals surface area contributed by atoms with Crippen molar-refractivity contribution in [1.29, 1.82) is 0 Å². The fourth-order valence-electron chi connectivity index (χ4n) is 2.19. The molecule has 90 valence electrons. The molecule has 3 nitrogen and oxygen atoms in total. The van der Waals surface area contributed by atoms with E-state index < -0.39 is 0 Å². The smallest absolute Gasteiger partial charge is 0.130 e. The quantitative estimate of drug-likeness (QED) is 0.879. The van der Waals surface area contributed by atoms with Crippen LogP contribution in [0.1, 0.15) is 38.2 Å². The van der Waals surface area contributed by atoms with Crippen LogP contribution in [0.3, 0.4) is 0 Å². The fraction of sp³-hybridized carbons (Fsp3) is 0.750. The molecule has 1 saturated heterocycles. The highest BCUT2D eigenvalue weighted by molar-refractivity contribution is 6.30. The third-order valence-corrected chi connectivity index (χ3v) is 3.75. The highest BCUT2D eigenvalue weighted by Crippen LogP contribution is 2.24. The number of nitrogens with zero attached hydrogens (tertiary/aromatic N) is 2. The van der Waals surface area contributed by atoms with Crippen LogP contribution >= 0.6 is 11.6 Å². The summed E-state index contributed by atoms with van der Waals surface area (Å²) < 4.78 is 1.94. The maximum atomic E-state index is 6.29. The lowest BCUT2D eigenvalue weighted by atomic mass is 10.1. The maximum Gasteiger partial charge on any atom is 0.130 e. The molecular weight excluding hydrogens is 222 g/mol. The zero-order valence-electron chi connectivity index (χ0n) is 10.0. The van der Waals surface area contributed by atoms with Crippen molar-refractivity contribution >= 4 is 11.6 Å². The van der Waals surface area contributed by atoms with E-state index in [1.807, 2.05) is 10.9 Å². The van der Waals surface area contributed by atoms with Crippen LogP contribution in [0.4, 0.5) is 0 Å². The monoisotopic (exact) mass is 241 g/mol. The van der Waals surface area contributed by atoms with Gasteiger partial charge in [-0.1, -0.05) is 25.4 Å². The number of aryl methyl sites for hydroxylation is 1. The molecule has 1 aromatic heterocycles. The molecule has 4 heteroatoms. The molecule has 16 heavy (non-hydrogen) atoms. The minimum atomic E-state index is 0.453. The van der Waals surface area contributed by atoms with Crippen molar-refractivity contribution in [2.24, 2.45) is 5.92 Å². The second kappa shape index (κ2) is 5.19. The Morgan fingerprint density at radius 1 is 1.62 bits per heavy atom. The molecular formula is C12H20ClN3. The van der Waals surface area contributed by atoms with E-state index in [-0.39, 0.29) is 0 Å². The normalized spacial score (nSPS) is 20.9. The van der Waals surface area contributed by atoms with Gasteiger partial charge in [0.2, 0.25) is 0 Å². The molecule has 1 unspecified atom stereocenters. The fourth-order valence-corrected chi connectivity index (χ4v) is 2.59. The molecule has 0 spiro atoms. The zero-order chi connectivity index (χ0) is 11.5. The molecule has 1 aliphatic rings. The Morgan fingerprint density at radius 3 is 3.00 bits per heavy atom. The molecule has 1 atom stereocenters. The van der Waals surface area contributed by atoms with Gasteiger partial charge in [-0.3, -0.25) is 4.68 Å². The standard InChI is InChI=1S/C12H20ClN3/c1-9(2)11-8-15-16(12(11)13)6-4-10-3-5-14-7-10/h8-10,14H,3-7H2,1-2H3. The Balaban J connectivity index is 1.93.